The predicted molar refractivity (Wildman–Crippen MR) is 587 cm³/mol. The van der Waals surface area contributed by atoms with Gasteiger partial charge in [0.25, 0.3) is 11.1 Å². The smallest absolute Gasteiger partial charge is 0.351 e. The summed E-state index contributed by atoms with van der Waals surface area (Å²) >= 11 is 0. The summed E-state index contributed by atoms with van der Waals surface area (Å²) in [6.07, 6.45) is 24.2. The maximum absolute atomic E-state index is 12.4. The largest absolute Gasteiger partial charge is 0.506 e. The van der Waals surface area contributed by atoms with E-state index in [0.717, 1.165) is 78.7 Å². The van der Waals surface area contributed by atoms with Crippen molar-refractivity contribution in [2.45, 2.75) is 237 Å². The van der Waals surface area contributed by atoms with Gasteiger partial charge in [-0.3, -0.25) is 47.9 Å². The lowest BCUT2D eigenvalue weighted by molar-refractivity contribution is -0.116. The Morgan fingerprint density at radius 2 is 0.560 bits per heavy atom. The number of para-hydroxylation sites is 8. The lowest BCUT2D eigenvalue weighted by Crippen LogP contribution is -2.25. The van der Waals surface area contributed by atoms with Gasteiger partial charge in [0.15, 0.2) is 46.3 Å². The quantitative estimate of drug-likeness (QED) is 0.0121. The van der Waals surface area contributed by atoms with Crippen LogP contribution in [0, 0.1) is 23.7 Å². The zero-order valence-electron chi connectivity index (χ0n) is 88.1. The minimum atomic E-state index is -0.792. The second kappa shape index (κ2) is 58.1. The molecular weight excluding hydrogens is 1910 g/mol. The number of ketones is 8. The Kier molecular flexibility index (Phi) is 45.7. The van der Waals surface area contributed by atoms with Crippen LogP contribution in [-0.2, 0) is 23.7 Å². The van der Waals surface area contributed by atoms with Crippen molar-refractivity contribution in [3.63, 3.8) is 0 Å². The first-order valence-corrected chi connectivity index (χ1v) is 51.5. The Bertz CT molecular complexity index is 7600. The molecule has 8 heterocycles. The average molecular weight is 2050 g/mol. The molecule has 0 radical (unpaired) electrons. The molecular formula is C122H138N2O26. The summed E-state index contributed by atoms with van der Waals surface area (Å²) in [5.41, 5.74) is 0.836. The minimum Gasteiger partial charge on any atom is -0.506 e. The Balaban J connectivity index is 0.000000191. The van der Waals surface area contributed by atoms with E-state index in [1.54, 1.807) is 180 Å². The van der Waals surface area contributed by atoms with Gasteiger partial charge in [0.05, 0.1) is 32.6 Å². The summed E-state index contributed by atoms with van der Waals surface area (Å²) in [6.45, 7) is 24.2. The van der Waals surface area contributed by atoms with Crippen LogP contribution >= 0.6 is 0 Å². The second-order valence-corrected chi connectivity index (χ2v) is 38.5. The Hall–Kier alpha value is -15.7. The van der Waals surface area contributed by atoms with E-state index in [2.05, 4.69) is 27.7 Å². The normalized spacial score (nSPS) is 11.6. The number of fused-ring (bicyclic) bond motifs is 8. The molecule has 0 bridgehead atoms. The van der Waals surface area contributed by atoms with Gasteiger partial charge in [-0.25, -0.2) is 19.2 Å². The first kappa shape index (κ1) is 118. The van der Waals surface area contributed by atoms with E-state index in [9.17, 15) is 97.8 Å². The van der Waals surface area contributed by atoms with Crippen LogP contribution in [0.5, 0.6) is 46.0 Å². The van der Waals surface area contributed by atoms with Crippen molar-refractivity contribution in [3.8, 4) is 46.0 Å². The fraction of sp³-hybridized carbons (Fsp3) is 0.361. The van der Waals surface area contributed by atoms with E-state index in [4.69, 9.17) is 27.1 Å². The molecule has 14 aromatic rings. The molecule has 28 heteroatoms. The summed E-state index contributed by atoms with van der Waals surface area (Å²) in [6, 6.07) is 56.1. The average Bonchev–Trinajstić information content (AvgIpc) is 0.772. The lowest BCUT2D eigenvalue weighted by atomic mass is 9.98. The highest BCUT2D eigenvalue weighted by Crippen LogP contribution is 2.36. The molecule has 6 aromatic heterocycles. The Labute approximate surface area is 870 Å². The highest BCUT2D eigenvalue weighted by Gasteiger charge is 2.29. The topological polar surface area (TPSA) is 441 Å². The van der Waals surface area contributed by atoms with Gasteiger partial charge in [-0.15, -0.1) is 0 Å². The summed E-state index contributed by atoms with van der Waals surface area (Å²) in [7, 11) is 3.25. The molecule has 0 aliphatic carbocycles. The monoisotopic (exact) mass is 2050 g/mol. The summed E-state index contributed by atoms with van der Waals surface area (Å²) < 4.78 is 34.0. The maximum atomic E-state index is 12.4. The first-order valence-electron chi connectivity index (χ1n) is 51.5. The number of aromatic hydroxyl groups is 6. The number of pyridine rings is 2. The van der Waals surface area contributed by atoms with Crippen molar-refractivity contribution in [2.75, 3.05) is 13.2 Å². The van der Waals surface area contributed by atoms with Crippen molar-refractivity contribution in [3.05, 3.63) is 312 Å². The van der Waals surface area contributed by atoms with Crippen LogP contribution < -0.4 is 43.1 Å². The van der Waals surface area contributed by atoms with E-state index < -0.39 is 39.4 Å². The molecule has 150 heavy (non-hydrogen) atoms. The van der Waals surface area contributed by atoms with Gasteiger partial charge in [-0.2, -0.15) is 0 Å². The van der Waals surface area contributed by atoms with E-state index >= 15 is 0 Å². The van der Waals surface area contributed by atoms with E-state index in [0.29, 0.717) is 112 Å². The lowest BCUT2D eigenvalue weighted by Gasteiger charge is -2.17. The first-order chi connectivity index (χ1) is 71.8. The van der Waals surface area contributed by atoms with Gasteiger partial charge in [0.1, 0.15) is 115 Å². The van der Waals surface area contributed by atoms with Crippen molar-refractivity contribution in [1.29, 1.82) is 0 Å². The standard InChI is InChI=1S/C20H27NO3.C19H24O4.C16H19NO3.C15H16O4.C15H18O2.2C13H12O4.C11H10O2/c1-3-4-5-6-7-8-9-14-17(22)18-19(23)15-12-10-11-13-16(15)21(2)20(18)24;1-2-3-4-5-6-7-8-12-15(20)17-18(21)14-11-9-10-13-16(14)23-19(17)22;1-10(2)8-9-13(18)14-15(19)11-6-4-5-7-12(11)17(3)16(14)20;1-9(2)7-8-11(16)13-14(17)10-5-3-4-6-12(10)19-15(13)18;1-11(2)7-8-14(16)13-9-12-5-3-4-6-15(12)17-10-13;1-7(2)11(14)10-12(15)8-5-3-4-6-9(8)17-13(10)16;1-2-5-9(14)11-12(15)8-6-3-4-7-10(8)17-13(11)16;1-8(12)10-6-9-4-2-3-5-11(9)13-7-10/h10-13,23H,3-9,14H2,1-2H3;9-11,13,21H,2-8,12H2,1H3;4-7,10,19H,8-9H2,1-3H3;3-6,9,17H,7-8H2,1-2H3;3-6,9,11H,7-8,10H2,1-2H3;3-7,15H,1-2H3;3-4,6-7,15H,2,5H2,1H3;2-6H,7H2,1H3. The molecule has 8 aromatic carbocycles. The number of aryl methyl sites for hydroxylation is 2. The number of ether oxygens (including phenoxy) is 2. The van der Waals surface area contributed by atoms with Gasteiger partial charge in [0, 0.05) is 91.6 Å². The van der Waals surface area contributed by atoms with E-state index in [1.807, 2.05) is 95.3 Å². The van der Waals surface area contributed by atoms with Gasteiger partial charge in [-0.05, 0) is 160 Å². The molecule has 6 N–H and O–H groups in total. The number of carbonyl (C=O) groups excluding carboxylic acids is 8. The molecule has 0 fully saturated rings. The second-order valence-electron chi connectivity index (χ2n) is 38.5. The number of unbranched alkanes of at least 4 members (excludes halogenated alkanes) is 12. The number of carbonyl (C=O) groups is 8. The van der Waals surface area contributed by atoms with Crippen LogP contribution in [0.4, 0.5) is 0 Å². The predicted octanol–water partition coefficient (Wildman–Crippen LogP) is 25.7. The number of hydrogen-bond acceptors (Lipinski definition) is 26. The van der Waals surface area contributed by atoms with E-state index in [-0.39, 0.29) is 157 Å². The molecule has 2 aliphatic heterocycles. The third-order valence-electron chi connectivity index (χ3n) is 25.3. The summed E-state index contributed by atoms with van der Waals surface area (Å²) in [4.78, 5) is 167. The third-order valence-corrected chi connectivity index (χ3v) is 25.3. The molecule has 0 unspecified atom stereocenters. The van der Waals surface area contributed by atoms with Gasteiger partial charge in [-0.1, -0.05) is 262 Å². The van der Waals surface area contributed by atoms with Crippen molar-refractivity contribution in [2.24, 2.45) is 37.8 Å². The SMILES string of the molecule is CC(=O)C1=Cc2ccccc2OC1.CC(C)C(=O)c1c(O)c2ccccc2oc1=O.CC(C)CCC(=O)C1=Cc2ccccc2OC1.CC(C)CCC(=O)c1c(O)c2ccccc2n(C)c1=O.CC(C)CCC(=O)c1c(O)c2ccccc2oc1=O.CCCC(=O)c1c(O)c2ccccc2oc1=O.CCCCCCCCCC(=O)c1c(O)c2ccccc2n(C)c1=O.CCCCCCCCCC(=O)c1c(O)c2ccccc2oc1=O. The summed E-state index contributed by atoms with van der Waals surface area (Å²) in [5, 5.41) is 63.5. The number of aromatic nitrogens is 2. The highest BCUT2D eigenvalue weighted by atomic mass is 16.5. The molecule has 28 nitrogen and oxygen atoms in total. The number of rotatable bonds is 36. The van der Waals surface area contributed by atoms with Crippen LogP contribution in [0.3, 0.4) is 0 Å². The molecule has 16 rings (SSSR count). The van der Waals surface area contributed by atoms with E-state index in [1.165, 1.54) is 60.5 Å². The number of hydrogen-bond donors (Lipinski definition) is 6. The molecule has 2 aliphatic rings. The van der Waals surface area contributed by atoms with Gasteiger partial charge >= 0.3 is 22.5 Å². The van der Waals surface area contributed by atoms with Crippen molar-refractivity contribution < 1.29 is 96.1 Å². The molecule has 0 atom stereocenters. The molecule has 0 amide bonds. The maximum Gasteiger partial charge on any atom is 0.351 e. The molecule has 0 saturated carbocycles. The van der Waals surface area contributed by atoms with Crippen LogP contribution in [0.15, 0.2) is 252 Å². The number of nitrogens with zero attached hydrogens (tertiary/aromatic N) is 2. The molecule has 0 spiro atoms. The Morgan fingerprint density at radius 3 is 0.907 bits per heavy atom. The van der Waals surface area contributed by atoms with Gasteiger partial charge < -0.3 is 66.9 Å². The zero-order chi connectivity index (χ0) is 110. The molecule has 792 valence electrons. The third kappa shape index (κ3) is 32.1. The fourth-order valence-corrected chi connectivity index (χ4v) is 16.6. The van der Waals surface area contributed by atoms with Gasteiger partial charge in [0.2, 0.25) is 0 Å². The summed E-state index contributed by atoms with van der Waals surface area (Å²) in [5.74, 6) is -0.591. The van der Waals surface area contributed by atoms with Crippen LogP contribution in [0.25, 0.3) is 77.8 Å². The number of Topliss-reactive ketones (excluding diaryl/α,β-unsaturated/α-hetero) is 8. The molecule has 0 saturated heterocycles. The van der Waals surface area contributed by atoms with Crippen molar-refractivity contribution >= 4 is 124 Å². The zero-order valence-corrected chi connectivity index (χ0v) is 88.1. The van der Waals surface area contributed by atoms with Crippen LogP contribution in [0.2, 0.25) is 0 Å². The van der Waals surface area contributed by atoms with Crippen LogP contribution in [-0.4, -0.2) is 99.3 Å². The number of benzene rings is 8. The van der Waals surface area contributed by atoms with Crippen molar-refractivity contribution in [1.82, 2.24) is 9.13 Å². The minimum absolute atomic E-state index is 0.0674. The Morgan fingerprint density at radius 1 is 0.293 bits per heavy atom. The van der Waals surface area contributed by atoms with Crippen LogP contribution in [0.1, 0.15) is 310 Å². The highest BCUT2D eigenvalue weighted by molar-refractivity contribution is 6.08. The fourth-order valence-electron chi connectivity index (χ4n) is 16.6.